The first kappa shape index (κ1) is 22.2. The molecule has 10 heteroatoms. The number of hydrogen-bond acceptors (Lipinski definition) is 5. The number of fused-ring (bicyclic) bond motifs is 2. The highest BCUT2D eigenvalue weighted by atomic mass is 19.3. The lowest BCUT2D eigenvalue weighted by atomic mass is 9.92. The molecule has 0 saturated carbocycles. The average Bonchev–Trinajstić information content (AvgIpc) is 3.40. The molecule has 0 aliphatic carbocycles. The van der Waals surface area contributed by atoms with E-state index in [0.717, 1.165) is 47.6 Å². The smallest absolute Gasteiger partial charge is 0.264 e. The zero-order valence-electron chi connectivity index (χ0n) is 19.9. The van der Waals surface area contributed by atoms with E-state index in [9.17, 15) is 13.6 Å². The Kier molecular flexibility index (Phi) is 5.36. The standard InChI is InChI=1S/C25H28F2N6O2/c1-15(34)31-7-5-22-21(12-31)25(29-33(22)18-13-35-14-18)32-6-3-4-16-8-19(17-10-28-30(2)11-17)20(24(26)27)9-23(16)32/h8-11,18,24H,3-7,12-14H2,1-2H3. The van der Waals surface area contributed by atoms with Crippen LogP contribution in [0.15, 0.2) is 24.5 Å². The Morgan fingerprint density at radius 2 is 2.03 bits per heavy atom. The predicted molar refractivity (Wildman–Crippen MR) is 126 cm³/mol. The van der Waals surface area contributed by atoms with Crippen molar-refractivity contribution >= 4 is 17.4 Å². The second-order valence-electron chi connectivity index (χ2n) is 9.60. The van der Waals surface area contributed by atoms with Crippen molar-refractivity contribution in [2.24, 2.45) is 7.05 Å². The van der Waals surface area contributed by atoms with Crippen LogP contribution in [0.4, 0.5) is 20.3 Å². The molecule has 184 valence electrons. The molecule has 0 spiro atoms. The van der Waals surface area contributed by atoms with Gasteiger partial charge >= 0.3 is 0 Å². The number of aryl methyl sites for hydroxylation is 2. The van der Waals surface area contributed by atoms with Gasteiger partial charge in [0, 0.05) is 67.8 Å². The van der Waals surface area contributed by atoms with Gasteiger partial charge in [-0.2, -0.15) is 10.2 Å². The summed E-state index contributed by atoms with van der Waals surface area (Å²) in [4.78, 5) is 16.1. The van der Waals surface area contributed by atoms with Crippen molar-refractivity contribution in [3.63, 3.8) is 0 Å². The Morgan fingerprint density at radius 3 is 2.69 bits per heavy atom. The highest BCUT2D eigenvalue weighted by molar-refractivity contribution is 5.78. The minimum Gasteiger partial charge on any atom is -0.377 e. The van der Waals surface area contributed by atoms with Crippen LogP contribution >= 0.6 is 0 Å². The minimum atomic E-state index is -2.62. The zero-order valence-corrected chi connectivity index (χ0v) is 19.9. The molecule has 0 radical (unpaired) electrons. The van der Waals surface area contributed by atoms with Gasteiger partial charge in [0.05, 0.1) is 32.0 Å². The summed E-state index contributed by atoms with van der Waals surface area (Å²) in [5.74, 6) is 0.801. The number of benzene rings is 1. The first-order chi connectivity index (χ1) is 16.9. The molecular weight excluding hydrogens is 454 g/mol. The molecule has 3 aromatic rings. The van der Waals surface area contributed by atoms with Crippen LogP contribution in [0.25, 0.3) is 11.1 Å². The number of amides is 1. The number of carbonyl (C=O) groups is 1. The fourth-order valence-corrected chi connectivity index (χ4v) is 5.44. The lowest BCUT2D eigenvalue weighted by Gasteiger charge is -2.33. The molecule has 0 N–H and O–H groups in total. The van der Waals surface area contributed by atoms with Crippen molar-refractivity contribution in [1.82, 2.24) is 24.5 Å². The maximum Gasteiger partial charge on any atom is 0.264 e. The van der Waals surface area contributed by atoms with Crippen molar-refractivity contribution < 1.29 is 18.3 Å². The van der Waals surface area contributed by atoms with Crippen LogP contribution in [0.5, 0.6) is 0 Å². The van der Waals surface area contributed by atoms with E-state index in [4.69, 9.17) is 9.84 Å². The predicted octanol–water partition coefficient (Wildman–Crippen LogP) is 3.78. The van der Waals surface area contributed by atoms with Crippen LogP contribution in [0, 0.1) is 0 Å². The maximum atomic E-state index is 14.3. The van der Waals surface area contributed by atoms with E-state index in [0.29, 0.717) is 44.0 Å². The normalized spacial score (nSPS) is 18.0. The van der Waals surface area contributed by atoms with Crippen LogP contribution in [-0.2, 0) is 36.0 Å². The summed E-state index contributed by atoms with van der Waals surface area (Å²) in [6, 6.07) is 3.70. The van der Waals surface area contributed by atoms with Gasteiger partial charge in [-0.3, -0.25) is 14.2 Å². The van der Waals surface area contributed by atoms with Gasteiger partial charge in [-0.15, -0.1) is 0 Å². The van der Waals surface area contributed by atoms with E-state index in [1.807, 2.05) is 11.0 Å². The molecule has 1 saturated heterocycles. The molecule has 0 atom stereocenters. The van der Waals surface area contributed by atoms with Crippen LogP contribution in [0.1, 0.15) is 48.2 Å². The van der Waals surface area contributed by atoms with Crippen molar-refractivity contribution in [2.75, 3.05) is 31.2 Å². The Hall–Kier alpha value is -3.27. The number of hydrogen-bond donors (Lipinski definition) is 0. The van der Waals surface area contributed by atoms with E-state index in [1.165, 1.54) is 0 Å². The molecular formula is C25H28F2N6O2. The molecule has 2 aromatic heterocycles. The molecule has 6 rings (SSSR count). The third kappa shape index (κ3) is 3.71. The van der Waals surface area contributed by atoms with Gasteiger partial charge in [0.1, 0.15) is 0 Å². The fourth-order valence-electron chi connectivity index (χ4n) is 5.44. The monoisotopic (exact) mass is 482 g/mol. The first-order valence-electron chi connectivity index (χ1n) is 12.1. The average molecular weight is 483 g/mol. The SMILES string of the molecule is CC(=O)N1CCc2c(c(N3CCCc4cc(-c5cnn(C)c5)c(C(F)F)cc43)nn2C2COC2)C1. The number of aromatic nitrogens is 4. The topological polar surface area (TPSA) is 68.4 Å². The molecule has 1 fully saturated rings. The quantitative estimate of drug-likeness (QED) is 0.566. The molecule has 35 heavy (non-hydrogen) atoms. The number of rotatable bonds is 4. The van der Waals surface area contributed by atoms with Gasteiger partial charge in [-0.05, 0) is 36.1 Å². The molecule has 0 bridgehead atoms. The van der Waals surface area contributed by atoms with Crippen LogP contribution < -0.4 is 4.90 Å². The number of alkyl halides is 2. The van der Waals surface area contributed by atoms with E-state index >= 15 is 0 Å². The Labute approximate surface area is 202 Å². The zero-order chi connectivity index (χ0) is 24.3. The maximum absolute atomic E-state index is 14.3. The van der Waals surface area contributed by atoms with E-state index < -0.39 is 6.43 Å². The number of halogens is 2. The van der Waals surface area contributed by atoms with Crippen LogP contribution in [0.2, 0.25) is 0 Å². The largest absolute Gasteiger partial charge is 0.377 e. The Balaban J connectivity index is 1.47. The van der Waals surface area contributed by atoms with Gasteiger partial charge in [0.15, 0.2) is 5.82 Å². The van der Waals surface area contributed by atoms with Crippen LogP contribution in [-0.4, -0.2) is 56.7 Å². The van der Waals surface area contributed by atoms with Gasteiger partial charge in [0.25, 0.3) is 6.43 Å². The lowest BCUT2D eigenvalue weighted by molar-refractivity contribution is -0.129. The summed E-state index contributed by atoms with van der Waals surface area (Å²) < 4.78 is 37.6. The number of nitrogens with zero attached hydrogens (tertiary/aromatic N) is 6. The Morgan fingerprint density at radius 1 is 1.20 bits per heavy atom. The molecule has 5 heterocycles. The molecule has 1 aromatic carbocycles. The van der Waals surface area contributed by atoms with Crippen molar-refractivity contribution in [3.8, 4) is 11.1 Å². The fraction of sp³-hybridized carbons (Fsp3) is 0.480. The van der Waals surface area contributed by atoms with E-state index in [-0.39, 0.29) is 17.5 Å². The van der Waals surface area contributed by atoms with Crippen LogP contribution in [0.3, 0.4) is 0 Å². The second-order valence-corrected chi connectivity index (χ2v) is 9.60. The molecule has 1 amide bonds. The molecule has 3 aliphatic rings. The third-order valence-electron chi connectivity index (χ3n) is 7.35. The Bertz CT molecular complexity index is 1300. The molecule has 3 aliphatic heterocycles. The van der Waals surface area contributed by atoms with Crippen molar-refractivity contribution in [3.05, 3.63) is 46.9 Å². The highest BCUT2D eigenvalue weighted by Gasteiger charge is 2.35. The summed E-state index contributed by atoms with van der Waals surface area (Å²) in [6.07, 6.45) is 3.19. The third-order valence-corrected chi connectivity index (χ3v) is 7.35. The highest BCUT2D eigenvalue weighted by Crippen LogP contribution is 2.43. The first-order valence-corrected chi connectivity index (χ1v) is 12.1. The van der Waals surface area contributed by atoms with Crippen molar-refractivity contribution in [2.45, 2.75) is 45.2 Å². The summed E-state index contributed by atoms with van der Waals surface area (Å²) >= 11 is 0. The van der Waals surface area contributed by atoms with Gasteiger partial charge in [-0.25, -0.2) is 8.78 Å². The van der Waals surface area contributed by atoms with Gasteiger partial charge in [-0.1, -0.05) is 0 Å². The van der Waals surface area contributed by atoms with Gasteiger partial charge < -0.3 is 14.5 Å². The van der Waals surface area contributed by atoms with Gasteiger partial charge in [0.2, 0.25) is 5.91 Å². The second kappa shape index (κ2) is 8.44. The van der Waals surface area contributed by atoms with Crippen molar-refractivity contribution in [1.29, 1.82) is 0 Å². The summed E-state index contributed by atoms with van der Waals surface area (Å²) in [5.41, 5.74) is 5.14. The number of anilines is 2. The van der Waals surface area contributed by atoms with E-state index in [2.05, 4.69) is 14.7 Å². The number of carbonyl (C=O) groups excluding carboxylic acids is 1. The minimum absolute atomic E-state index is 0.00490. The molecule has 0 unspecified atom stereocenters. The summed E-state index contributed by atoms with van der Waals surface area (Å²) in [7, 11) is 1.78. The lowest BCUT2D eigenvalue weighted by Crippen LogP contribution is -2.37. The van der Waals surface area contributed by atoms with E-state index in [1.54, 1.807) is 37.1 Å². The summed E-state index contributed by atoms with van der Waals surface area (Å²) in [5, 5.41) is 9.19. The number of ether oxygens (including phenoxy) is 1. The molecule has 8 nitrogen and oxygen atoms in total. The summed E-state index contributed by atoms with van der Waals surface area (Å²) in [6.45, 7) is 4.64.